The predicted molar refractivity (Wildman–Crippen MR) is 227 cm³/mol. The fourth-order valence-electron chi connectivity index (χ4n) is 6.46. The number of anilines is 2. The van der Waals surface area contributed by atoms with Gasteiger partial charge in [-0.1, -0.05) is 30.3 Å². The summed E-state index contributed by atoms with van der Waals surface area (Å²) in [4.78, 5) is 66.3. The van der Waals surface area contributed by atoms with Crippen LogP contribution in [-0.4, -0.2) is 152 Å². The second-order valence-corrected chi connectivity index (χ2v) is 16.0. The van der Waals surface area contributed by atoms with Crippen molar-refractivity contribution < 1.29 is 60.3 Å². The molecule has 3 aromatic carbocycles. The highest BCUT2D eigenvalue weighted by Crippen LogP contribution is 2.24. The molecule has 3 saturated heterocycles. The fraction of sp³-hybridized carbons (Fsp3) is 0.390. The molecule has 338 valence electrons. The van der Waals surface area contributed by atoms with E-state index in [1.165, 1.54) is 19.1 Å². The Kier molecular flexibility index (Phi) is 16.9. The minimum atomic E-state index is -3.62. The summed E-state index contributed by atoms with van der Waals surface area (Å²) in [5.41, 5.74) is 3.05. The largest absolute Gasteiger partial charge is 0.461 e. The summed E-state index contributed by atoms with van der Waals surface area (Å²) < 4.78 is 51.5. The number of amidine groups is 2. The highest BCUT2D eigenvalue weighted by Gasteiger charge is 2.35. The zero-order chi connectivity index (χ0) is 45.5. The molecule has 0 aliphatic carbocycles. The lowest BCUT2D eigenvalue weighted by Crippen LogP contribution is -2.49. The van der Waals surface area contributed by atoms with Crippen LogP contribution in [0.5, 0.6) is 0 Å². The third-order valence-electron chi connectivity index (χ3n) is 9.78. The molecule has 0 bridgehead atoms. The first kappa shape index (κ1) is 47.4. The van der Waals surface area contributed by atoms with Crippen molar-refractivity contribution >= 4 is 63.5 Å². The van der Waals surface area contributed by atoms with Crippen molar-refractivity contribution in [3.05, 3.63) is 95.6 Å². The van der Waals surface area contributed by atoms with Gasteiger partial charge in [-0.2, -0.15) is 8.42 Å². The third-order valence-corrected chi connectivity index (χ3v) is 10.3. The van der Waals surface area contributed by atoms with E-state index in [0.29, 0.717) is 55.2 Å². The highest BCUT2D eigenvalue weighted by molar-refractivity contribution is 7.85. The van der Waals surface area contributed by atoms with Crippen LogP contribution in [-0.2, 0) is 49.4 Å². The monoisotopic (exact) mass is 894 g/mol. The van der Waals surface area contributed by atoms with E-state index in [1.54, 1.807) is 53.4 Å². The van der Waals surface area contributed by atoms with Crippen molar-refractivity contribution in [2.24, 2.45) is 0 Å². The quantitative estimate of drug-likeness (QED) is 0.0596. The Morgan fingerprint density at radius 3 is 1.68 bits per heavy atom. The maximum atomic E-state index is 12.5. The number of amides is 4. The Morgan fingerprint density at radius 1 is 0.714 bits per heavy atom. The number of cyclic esters (lactones) is 2. The number of carbonyl (C=O) groups excluding carboxylic acids is 5. The Hall–Kier alpha value is -6.62. The minimum absolute atomic E-state index is 0.0894. The molecule has 22 heteroatoms. The summed E-state index contributed by atoms with van der Waals surface area (Å²) in [6.45, 7) is 5.24. The van der Waals surface area contributed by atoms with Gasteiger partial charge in [-0.05, 0) is 54.1 Å². The standard InChI is InChI=1S/C27H33N5O6.C14H17N3O7S/c1-36-26(34)29-25(28)21-7-9-22(10-8-21)32-18-23(38-27(32)35)17-31-15-13-30(14-16-31)12-11-24(33)37-19-20-5-3-2-4-6-20;1-22-13(18)16-12(15)9-3-5-10(6-4-9)17-7-11(24-14(17)19)8-23-25(2,20)21/h2-10,23H,11-19H2,1H3,(H2,28,29,34);3-6,11H,7-8H2,1-2H3,(H2,15,16,18). The van der Waals surface area contributed by atoms with Crippen molar-refractivity contribution in [3.8, 4) is 0 Å². The number of carbonyl (C=O) groups is 5. The molecule has 2 atom stereocenters. The van der Waals surface area contributed by atoms with Crippen molar-refractivity contribution in [1.82, 2.24) is 20.4 Å². The molecular weight excluding hydrogens is 845 g/mol. The average molecular weight is 895 g/mol. The van der Waals surface area contributed by atoms with Gasteiger partial charge < -0.3 is 28.6 Å². The molecule has 3 aromatic rings. The summed E-state index contributed by atoms with van der Waals surface area (Å²) in [5.74, 6) is -0.436. The molecule has 3 aliphatic heterocycles. The van der Waals surface area contributed by atoms with E-state index in [9.17, 15) is 32.4 Å². The average Bonchev–Trinajstić information content (AvgIpc) is 3.85. The number of rotatable bonds is 14. The van der Waals surface area contributed by atoms with Gasteiger partial charge in [0.25, 0.3) is 10.1 Å². The van der Waals surface area contributed by atoms with E-state index in [0.717, 1.165) is 38.0 Å². The number of hydrogen-bond acceptors (Lipinski definition) is 17. The lowest BCUT2D eigenvalue weighted by atomic mass is 10.1. The molecule has 2 unspecified atom stereocenters. The first-order chi connectivity index (χ1) is 30.1. The first-order valence-electron chi connectivity index (χ1n) is 19.6. The topological polar surface area (TPSA) is 260 Å². The lowest BCUT2D eigenvalue weighted by Gasteiger charge is -2.35. The zero-order valence-corrected chi connectivity index (χ0v) is 35.8. The number of nitrogens with zero attached hydrogens (tertiary/aromatic N) is 4. The molecule has 21 nitrogen and oxygen atoms in total. The number of piperazine rings is 1. The van der Waals surface area contributed by atoms with E-state index in [1.807, 2.05) is 30.3 Å². The van der Waals surface area contributed by atoms with Crippen molar-refractivity contribution in [2.75, 3.05) is 89.2 Å². The summed E-state index contributed by atoms with van der Waals surface area (Å²) >= 11 is 0. The Labute approximate surface area is 364 Å². The second-order valence-electron chi connectivity index (χ2n) is 14.3. The van der Waals surface area contributed by atoms with E-state index in [4.69, 9.17) is 25.0 Å². The van der Waals surface area contributed by atoms with Crippen LogP contribution < -0.4 is 20.4 Å². The molecule has 0 saturated carbocycles. The van der Waals surface area contributed by atoms with Gasteiger partial charge in [0.1, 0.15) is 37.1 Å². The molecule has 3 aliphatic rings. The molecule has 0 aromatic heterocycles. The maximum Gasteiger partial charge on any atom is 0.414 e. The summed E-state index contributed by atoms with van der Waals surface area (Å²) in [5, 5.41) is 20.2. The normalized spacial score (nSPS) is 17.7. The van der Waals surface area contributed by atoms with Gasteiger partial charge in [0, 0.05) is 61.8 Å². The van der Waals surface area contributed by atoms with Crippen molar-refractivity contribution in [1.29, 1.82) is 10.8 Å². The highest BCUT2D eigenvalue weighted by atomic mass is 32.2. The Bertz CT molecular complexity index is 2200. The van der Waals surface area contributed by atoms with Crippen LogP contribution in [0, 0.1) is 10.8 Å². The van der Waals surface area contributed by atoms with Crippen molar-refractivity contribution in [2.45, 2.75) is 25.2 Å². The number of benzene rings is 3. The maximum absolute atomic E-state index is 12.5. The number of alkyl carbamates (subject to hydrolysis) is 2. The number of esters is 1. The van der Waals surface area contributed by atoms with E-state index >= 15 is 0 Å². The SMILES string of the molecule is COC(=O)NC(=N)c1ccc(N2CC(CN3CCN(CCC(=O)OCc4ccccc4)CC3)OC2=O)cc1.COC(=O)NC(=N)c1ccc(N2CC(COS(C)(=O)=O)OC2=O)cc1. The molecule has 63 heavy (non-hydrogen) atoms. The molecule has 0 spiro atoms. The van der Waals surface area contributed by atoms with E-state index in [-0.39, 0.29) is 36.9 Å². The third kappa shape index (κ3) is 14.8. The summed E-state index contributed by atoms with van der Waals surface area (Å²) in [7, 11) is -1.20. The van der Waals surface area contributed by atoms with Gasteiger partial charge in [-0.3, -0.25) is 45.1 Å². The van der Waals surface area contributed by atoms with Crippen LogP contribution >= 0.6 is 0 Å². The lowest BCUT2D eigenvalue weighted by molar-refractivity contribution is -0.145. The molecule has 3 fully saturated rings. The fourth-order valence-corrected chi connectivity index (χ4v) is 6.85. The van der Waals surface area contributed by atoms with Gasteiger partial charge in [-0.15, -0.1) is 0 Å². The van der Waals surface area contributed by atoms with E-state index in [2.05, 4.69) is 34.1 Å². The first-order valence-corrected chi connectivity index (χ1v) is 21.4. The van der Waals surface area contributed by atoms with Crippen LogP contribution in [0.25, 0.3) is 0 Å². The van der Waals surface area contributed by atoms with Crippen LogP contribution in [0.1, 0.15) is 23.1 Å². The Morgan fingerprint density at radius 2 is 1.19 bits per heavy atom. The summed E-state index contributed by atoms with van der Waals surface area (Å²) in [6.07, 6.45) is -2.19. The number of nitrogens with one attached hydrogen (secondary N) is 4. The smallest absolute Gasteiger partial charge is 0.414 e. The van der Waals surface area contributed by atoms with Crippen LogP contribution in [0.3, 0.4) is 0 Å². The molecule has 3 heterocycles. The number of methoxy groups -OCH3 is 2. The molecular formula is C41H50N8O13S. The van der Waals surface area contributed by atoms with Crippen LogP contribution in [0.2, 0.25) is 0 Å². The van der Waals surface area contributed by atoms with Crippen LogP contribution in [0.4, 0.5) is 30.6 Å². The predicted octanol–water partition coefficient (Wildman–Crippen LogP) is 3.11. The second kappa shape index (κ2) is 22.5. The molecule has 4 N–H and O–H groups in total. The van der Waals surface area contributed by atoms with Gasteiger partial charge in [0.2, 0.25) is 0 Å². The van der Waals surface area contributed by atoms with Gasteiger partial charge in [0.15, 0.2) is 0 Å². The van der Waals surface area contributed by atoms with Crippen LogP contribution in [0.15, 0.2) is 78.9 Å². The summed E-state index contributed by atoms with van der Waals surface area (Å²) in [6, 6.07) is 22.6. The van der Waals surface area contributed by atoms with E-state index < -0.39 is 40.6 Å². The van der Waals surface area contributed by atoms with Gasteiger partial charge in [-0.25, -0.2) is 19.2 Å². The zero-order valence-electron chi connectivity index (χ0n) is 34.9. The minimum Gasteiger partial charge on any atom is -0.461 e. The van der Waals surface area contributed by atoms with Gasteiger partial charge in [0.05, 0.1) is 40.0 Å². The molecule has 6 rings (SSSR count). The Balaban J connectivity index is 0.000000260. The van der Waals surface area contributed by atoms with Gasteiger partial charge >= 0.3 is 30.3 Å². The molecule has 0 radical (unpaired) electrons. The van der Waals surface area contributed by atoms with Crippen molar-refractivity contribution in [3.63, 3.8) is 0 Å². The number of ether oxygens (including phenoxy) is 5. The molecule has 4 amide bonds. The number of hydrogen-bond donors (Lipinski definition) is 4.